The first-order valence-electron chi connectivity index (χ1n) is 10.7. The second-order valence-corrected chi connectivity index (χ2v) is 8.89. The SMILES string of the molecule is CC(O)c1cn([C@@H]2CN(C(=O)OCc3ccccc3)CC[C@H]2NC(=O)OC(C)(C)C)nn1. The first-order chi connectivity index (χ1) is 15.1. The van der Waals surface area contributed by atoms with Crippen molar-refractivity contribution in [2.24, 2.45) is 0 Å². The molecule has 1 saturated heterocycles. The van der Waals surface area contributed by atoms with Gasteiger partial charge in [0.05, 0.1) is 24.4 Å². The molecule has 2 N–H and O–H groups in total. The number of likely N-dealkylation sites (tertiary alicyclic amines) is 1. The molecule has 2 amide bonds. The Hall–Kier alpha value is -3.14. The number of aromatic nitrogens is 3. The molecule has 3 atom stereocenters. The fourth-order valence-corrected chi connectivity index (χ4v) is 3.45. The number of aliphatic hydroxyl groups excluding tert-OH is 1. The monoisotopic (exact) mass is 445 g/mol. The number of ether oxygens (including phenoxy) is 2. The molecular formula is C22H31N5O5. The molecular weight excluding hydrogens is 414 g/mol. The highest BCUT2D eigenvalue weighted by atomic mass is 16.6. The van der Waals surface area contributed by atoms with Gasteiger partial charge in [-0.2, -0.15) is 0 Å². The van der Waals surface area contributed by atoms with E-state index in [9.17, 15) is 14.7 Å². The lowest BCUT2D eigenvalue weighted by Gasteiger charge is -2.38. The maximum atomic E-state index is 12.7. The zero-order valence-electron chi connectivity index (χ0n) is 18.9. The molecule has 0 bridgehead atoms. The number of carbonyl (C=O) groups excluding carboxylic acids is 2. The Bertz CT molecular complexity index is 909. The highest BCUT2D eigenvalue weighted by Gasteiger charge is 2.36. The second kappa shape index (κ2) is 9.99. The molecule has 0 radical (unpaired) electrons. The van der Waals surface area contributed by atoms with Gasteiger partial charge >= 0.3 is 12.2 Å². The van der Waals surface area contributed by atoms with Crippen molar-refractivity contribution in [1.82, 2.24) is 25.2 Å². The van der Waals surface area contributed by atoms with Crippen LogP contribution in [0.5, 0.6) is 0 Å². The van der Waals surface area contributed by atoms with Gasteiger partial charge in [-0.15, -0.1) is 5.10 Å². The van der Waals surface area contributed by atoms with E-state index in [1.165, 1.54) is 0 Å². The van der Waals surface area contributed by atoms with Gasteiger partial charge in [0.1, 0.15) is 17.9 Å². The van der Waals surface area contributed by atoms with Gasteiger partial charge in [0.25, 0.3) is 0 Å². The van der Waals surface area contributed by atoms with Gasteiger partial charge in [-0.25, -0.2) is 14.3 Å². The number of nitrogens with zero attached hydrogens (tertiary/aromatic N) is 4. The predicted octanol–water partition coefficient (Wildman–Crippen LogP) is 2.81. The molecule has 10 nitrogen and oxygen atoms in total. The maximum Gasteiger partial charge on any atom is 0.410 e. The van der Waals surface area contributed by atoms with Crippen molar-refractivity contribution >= 4 is 12.2 Å². The molecule has 0 spiro atoms. The first-order valence-corrected chi connectivity index (χ1v) is 10.7. The third-order valence-corrected chi connectivity index (χ3v) is 5.04. The Morgan fingerprint density at radius 3 is 2.62 bits per heavy atom. The Labute approximate surface area is 187 Å². The van der Waals surface area contributed by atoms with Crippen LogP contribution in [0.1, 0.15) is 57.5 Å². The van der Waals surface area contributed by atoms with Crippen LogP contribution in [0, 0.1) is 0 Å². The van der Waals surface area contributed by atoms with Gasteiger partial charge in [-0.3, -0.25) is 0 Å². The number of hydrogen-bond donors (Lipinski definition) is 2. The number of piperidine rings is 1. The number of carbonyl (C=O) groups is 2. The van der Waals surface area contributed by atoms with Gasteiger partial charge in [0.15, 0.2) is 0 Å². The number of benzene rings is 1. The minimum absolute atomic E-state index is 0.177. The highest BCUT2D eigenvalue weighted by Crippen LogP contribution is 2.24. The molecule has 1 aliphatic heterocycles. The predicted molar refractivity (Wildman–Crippen MR) is 116 cm³/mol. The van der Waals surface area contributed by atoms with Gasteiger partial charge in [0, 0.05) is 13.1 Å². The van der Waals surface area contributed by atoms with Gasteiger partial charge in [-0.1, -0.05) is 35.5 Å². The van der Waals surface area contributed by atoms with Gasteiger partial charge in [-0.05, 0) is 39.7 Å². The Balaban J connectivity index is 1.70. The Kier molecular flexibility index (Phi) is 7.34. The van der Waals surface area contributed by atoms with Crippen LogP contribution >= 0.6 is 0 Å². The summed E-state index contributed by atoms with van der Waals surface area (Å²) in [4.78, 5) is 26.6. The molecule has 32 heavy (non-hydrogen) atoms. The van der Waals surface area contributed by atoms with E-state index in [-0.39, 0.29) is 19.2 Å². The summed E-state index contributed by atoms with van der Waals surface area (Å²) in [6.45, 7) is 7.82. The number of hydrogen-bond acceptors (Lipinski definition) is 7. The second-order valence-electron chi connectivity index (χ2n) is 8.89. The number of nitrogens with one attached hydrogen (secondary N) is 1. The van der Waals surface area contributed by atoms with E-state index in [2.05, 4.69) is 15.6 Å². The van der Waals surface area contributed by atoms with Crippen molar-refractivity contribution < 1.29 is 24.2 Å². The summed E-state index contributed by atoms with van der Waals surface area (Å²) in [5.74, 6) is 0. The average Bonchev–Trinajstić information content (AvgIpc) is 3.22. The topological polar surface area (TPSA) is 119 Å². The average molecular weight is 446 g/mol. The van der Waals surface area contributed by atoms with Crippen LogP contribution < -0.4 is 5.32 Å². The molecule has 0 saturated carbocycles. The van der Waals surface area contributed by atoms with Crippen LogP contribution in [0.3, 0.4) is 0 Å². The van der Waals surface area contributed by atoms with Gasteiger partial charge < -0.3 is 24.8 Å². The number of alkyl carbamates (subject to hydrolysis) is 1. The summed E-state index contributed by atoms with van der Waals surface area (Å²) in [5, 5.41) is 20.8. The summed E-state index contributed by atoms with van der Waals surface area (Å²) >= 11 is 0. The normalized spacial score (nSPS) is 19.8. The lowest BCUT2D eigenvalue weighted by Crippen LogP contribution is -2.53. The zero-order valence-corrected chi connectivity index (χ0v) is 18.9. The third-order valence-electron chi connectivity index (χ3n) is 5.04. The summed E-state index contributed by atoms with van der Waals surface area (Å²) in [7, 11) is 0. The highest BCUT2D eigenvalue weighted by molar-refractivity contribution is 5.69. The molecule has 2 heterocycles. The van der Waals surface area contributed by atoms with Crippen LogP contribution in [-0.4, -0.2) is 61.9 Å². The fraction of sp³-hybridized carbons (Fsp3) is 0.545. The van der Waals surface area contributed by atoms with Crippen LogP contribution in [-0.2, 0) is 16.1 Å². The lowest BCUT2D eigenvalue weighted by atomic mass is 9.99. The van der Waals surface area contributed by atoms with Crippen molar-refractivity contribution in [2.75, 3.05) is 13.1 Å². The molecule has 1 unspecified atom stereocenters. The van der Waals surface area contributed by atoms with Crippen molar-refractivity contribution in [3.8, 4) is 0 Å². The quantitative estimate of drug-likeness (QED) is 0.726. The van der Waals surface area contributed by atoms with E-state index in [4.69, 9.17) is 9.47 Å². The molecule has 2 aromatic rings. The van der Waals surface area contributed by atoms with Crippen molar-refractivity contribution in [3.63, 3.8) is 0 Å². The molecule has 0 aliphatic carbocycles. The molecule has 1 aromatic heterocycles. The molecule has 174 valence electrons. The molecule has 1 fully saturated rings. The molecule has 3 rings (SSSR count). The van der Waals surface area contributed by atoms with Crippen molar-refractivity contribution in [2.45, 2.75) is 64.5 Å². The first kappa shape index (κ1) is 23.5. The number of rotatable bonds is 5. The molecule has 1 aliphatic rings. The van der Waals surface area contributed by atoms with Crippen LogP contribution in [0.25, 0.3) is 0 Å². The third kappa shape index (κ3) is 6.43. The summed E-state index contributed by atoms with van der Waals surface area (Å²) in [5.41, 5.74) is 0.676. The number of aliphatic hydroxyl groups is 1. The number of amides is 2. The largest absolute Gasteiger partial charge is 0.445 e. The van der Waals surface area contributed by atoms with Crippen LogP contribution in [0.15, 0.2) is 36.5 Å². The minimum atomic E-state index is -0.781. The van der Waals surface area contributed by atoms with Crippen LogP contribution in [0.2, 0.25) is 0 Å². The summed E-state index contributed by atoms with van der Waals surface area (Å²) < 4.78 is 12.4. The Morgan fingerprint density at radius 1 is 1.28 bits per heavy atom. The Morgan fingerprint density at radius 2 is 2.00 bits per heavy atom. The maximum absolute atomic E-state index is 12.7. The molecule has 1 aromatic carbocycles. The van der Waals surface area contributed by atoms with E-state index in [0.29, 0.717) is 18.7 Å². The van der Waals surface area contributed by atoms with E-state index in [0.717, 1.165) is 5.56 Å². The van der Waals surface area contributed by atoms with Crippen molar-refractivity contribution in [1.29, 1.82) is 0 Å². The fourth-order valence-electron chi connectivity index (χ4n) is 3.45. The molecule has 10 heteroatoms. The summed E-state index contributed by atoms with van der Waals surface area (Å²) in [6, 6.07) is 8.71. The van der Waals surface area contributed by atoms with Gasteiger partial charge in [0.2, 0.25) is 0 Å². The van der Waals surface area contributed by atoms with Crippen molar-refractivity contribution in [3.05, 3.63) is 47.8 Å². The van der Waals surface area contributed by atoms with Crippen LogP contribution in [0.4, 0.5) is 9.59 Å². The zero-order chi connectivity index (χ0) is 23.3. The van der Waals surface area contributed by atoms with E-state index in [1.807, 2.05) is 30.3 Å². The minimum Gasteiger partial charge on any atom is -0.445 e. The standard InChI is InChI=1S/C22H31N5O5/c1-15(28)18-12-27(25-24-18)19-13-26(21(30)31-14-16-8-6-5-7-9-16)11-10-17(19)23-20(29)32-22(2,3)4/h5-9,12,15,17,19,28H,10-11,13-14H2,1-4H3,(H,23,29)/t15?,17-,19-/m1/s1. The smallest absolute Gasteiger partial charge is 0.410 e. The van der Waals surface area contributed by atoms with E-state index >= 15 is 0 Å². The summed E-state index contributed by atoms with van der Waals surface area (Å²) in [6.07, 6.45) is 0.344. The van der Waals surface area contributed by atoms with E-state index in [1.54, 1.807) is 43.5 Å². The lowest BCUT2D eigenvalue weighted by molar-refractivity contribution is 0.0411. The van der Waals surface area contributed by atoms with E-state index < -0.39 is 29.9 Å².